The van der Waals surface area contributed by atoms with Crippen LogP contribution in [0.15, 0.2) is 219 Å². The maximum atomic E-state index is 6.61. The Morgan fingerprint density at radius 1 is 0.297 bits per heavy atom. The molecule has 13 aromatic rings. The van der Waals surface area contributed by atoms with E-state index in [-0.39, 0.29) is 0 Å². The predicted octanol–water partition coefficient (Wildman–Crippen LogP) is 16.9. The largest absolute Gasteiger partial charge is 0.457 e. The molecule has 0 aliphatic carbocycles. The van der Waals surface area contributed by atoms with Gasteiger partial charge >= 0.3 is 0 Å². The molecule has 0 aliphatic rings. The number of fused-ring (bicyclic) bond motifs is 6. The Hall–Kier alpha value is -9.66. The van der Waals surface area contributed by atoms with Crippen molar-refractivity contribution in [1.29, 1.82) is 0 Å². The Balaban J connectivity index is 0.759. The summed E-state index contributed by atoms with van der Waals surface area (Å²) in [6.07, 6.45) is 7.40. The molecule has 0 unspecified atom stereocenters. The molecule has 0 bridgehead atoms. The first-order valence-corrected chi connectivity index (χ1v) is 24.8. The van der Waals surface area contributed by atoms with Gasteiger partial charge in [0.25, 0.3) is 0 Å². The quantitative estimate of drug-likeness (QED) is 0.136. The molecule has 0 fully saturated rings. The number of hydrogen-bond acceptors (Lipinski definition) is 6. The number of hydrogen-bond donors (Lipinski definition) is 0. The summed E-state index contributed by atoms with van der Waals surface area (Å²) in [4.78, 5) is 19.6. The highest BCUT2D eigenvalue weighted by Crippen LogP contribution is 2.39. The monoisotopic (exact) mass is 956 g/mol. The highest BCUT2D eigenvalue weighted by atomic mass is 16.5. The molecular formula is C66H48N6O2. The minimum atomic E-state index is 0.691. The van der Waals surface area contributed by atoms with Crippen LogP contribution in [0.25, 0.3) is 100 Å². The van der Waals surface area contributed by atoms with E-state index in [1.54, 1.807) is 0 Å². The van der Waals surface area contributed by atoms with Gasteiger partial charge in [-0.05, 0) is 135 Å². The van der Waals surface area contributed by atoms with E-state index in [1.165, 1.54) is 33.4 Å². The minimum Gasteiger partial charge on any atom is -0.457 e. The van der Waals surface area contributed by atoms with E-state index in [4.69, 9.17) is 29.4 Å². The third-order valence-corrected chi connectivity index (χ3v) is 13.7. The fourth-order valence-electron chi connectivity index (χ4n) is 10.6. The third-order valence-electron chi connectivity index (χ3n) is 13.7. The first-order valence-electron chi connectivity index (χ1n) is 24.8. The fraction of sp³-hybridized carbons (Fsp3) is 0.0606. The maximum absolute atomic E-state index is 6.61. The van der Waals surface area contributed by atoms with Crippen LogP contribution in [-0.2, 0) is 0 Å². The SMILES string of the molecule is Cc1cc(C)cc(-c2ccnc(-n3c4ccccc4c4ccc(Oc5cccc(-c6cnc(-c7cccc(Oc8ccc9c%10ccccc%10n(-c%10cc(-c%11cc(C)cc(C)c%11)ccn%10)c9c8)c7)cn6)c5)cc43)c2)c1. The first kappa shape index (κ1) is 44.3. The van der Waals surface area contributed by atoms with Crippen molar-refractivity contribution in [3.63, 3.8) is 0 Å². The number of aromatic nitrogens is 6. The van der Waals surface area contributed by atoms with Crippen LogP contribution in [-0.4, -0.2) is 29.1 Å². The van der Waals surface area contributed by atoms with E-state index in [0.29, 0.717) is 23.0 Å². The van der Waals surface area contributed by atoms with Gasteiger partial charge in [-0.2, -0.15) is 0 Å². The predicted molar refractivity (Wildman–Crippen MR) is 300 cm³/mol. The molecule has 8 aromatic carbocycles. The van der Waals surface area contributed by atoms with Gasteiger partial charge in [0.15, 0.2) is 0 Å². The Morgan fingerprint density at radius 2 is 0.703 bits per heavy atom. The zero-order valence-electron chi connectivity index (χ0n) is 41.3. The van der Waals surface area contributed by atoms with Crippen LogP contribution in [0, 0.1) is 27.7 Å². The molecule has 0 N–H and O–H groups in total. The van der Waals surface area contributed by atoms with Crippen LogP contribution in [0.1, 0.15) is 22.3 Å². The number of pyridine rings is 2. The van der Waals surface area contributed by atoms with Gasteiger partial charge in [-0.15, -0.1) is 0 Å². The molecule has 0 saturated carbocycles. The molecule has 74 heavy (non-hydrogen) atoms. The van der Waals surface area contributed by atoms with Crippen molar-refractivity contribution in [2.75, 3.05) is 0 Å². The van der Waals surface area contributed by atoms with E-state index in [1.807, 2.05) is 85.5 Å². The molecule has 5 aromatic heterocycles. The number of rotatable bonds is 10. The van der Waals surface area contributed by atoms with Gasteiger partial charge in [0.1, 0.15) is 34.6 Å². The van der Waals surface area contributed by atoms with Crippen molar-refractivity contribution in [3.05, 3.63) is 241 Å². The van der Waals surface area contributed by atoms with Gasteiger partial charge in [0.2, 0.25) is 0 Å². The summed E-state index contributed by atoms with van der Waals surface area (Å²) in [6.45, 7) is 8.55. The lowest BCUT2D eigenvalue weighted by Crippen LogP contribution is -1.98. The summed E-state index contributed by atoms with van der Waals surface area (Å²) in [7, 11) is 0. The van der Waals surface area contributed by atoms with Crippen molar-refractivity contribution in [3.8, 4) is 79.4 Å². The van der Waals surface area contributed by atoms with Crippen molar-refractivity contribution in [2.45, 2.75) is 27.7 Å². The summed E-state index contributed by atoms with van der Waals surface area (Å²) in [6, 6.07) is 67.2. The lowest BCUT2D eigenvalue weighted by atomic mass is 10.0. The molecule has 354 valence electrons. The second-order valence-electron chi connectivity index (χ2n) is 19.2. The van der Waals surface area contributed by atoms with Crippen LogP contribution in [0.5, 0.6) is 23.0 Å². The van der Waals surface area contributed by atoms with Crippen LogP contribution >= 0.6 is 0 Å². The summed E-state index contributed by atoms with van der Waals surface area (Å²) in [5.41, 5.74) is 16.9. The molecule has 0 amide bonds. The Labute approximate surface area is 428 Å². The van der Waals surface area contributed by atoms with Crippen LogP contribution in [0.4, 0.5) is 0 Å². The fourth-order valence-corrected chi connectivity index (χ4v) is 10.6. The van der Waals surface area contributed by atoms with Gasteiger partial charge < -0.3 is 9.47 Å². The molecule has 0 spiro atoms. The van der Waals surface area contributed by atoms with Gasteiger partial charge in [-0.1, -0.05) is 119 Å². The average Bonchev–Trinajstić information content (AvgIpc) is 3.93. The molecule has 0 atom stereocenters. The zero-order valence-corrected chi connectivity index (χ0v) is 41.3. The second-order valence-corrected chi connectivity index (χ2v) is 19.2. The summed E-state index contributed by atoms with van der Waals surface area (Å²) < 4.78 is 17.7. The molecule has 13 rings (SSSR count). The van der Waals surface area contributed by atoms with Crippen molar-refractivity contribution in [2.24, 2.45) is 0 Å². The average molecular weight is 957 g/mol. The molecule has 8 heteroatoms. The van der Waals surface area contributed by atoms with Gasteiger partial charge in [-0.3, -0.25) is 19.1 Å². The summed E-state index contributed by atoms with van der Waals surface area (Å²) in [5.74, 6) is 4.50. The summed E-state index contributed by atoms with van der Waals surface area (Å²) >= 11 is 0. The van der Waals surface area contributed by atoms with E-state index in [2.05, 4.69) is 170 Å². The number of ether oxygens (including phenoxy) is 2. The molecular weight excluding hydrogens is 909 g/mol. The lowest BCUT2D eigenvalue weighted by molar-refractivity contribution is 0.483. The topological polar surface area (TPSA) is 79.9 Å². The van der Waals surface area contributed by atoms with E-state index < -0.39 is 0 Å². The third kappa shape index (κ3) is 8.28. The Kier molecular flexibility index (Phi) is 10.9. The molecule has 0 radical (unpaired) electrons. The smallest absolute Gasteiger partial charge is 0.138 e. The zero-order chi connectivity index (χ0) is 49.9. The number of benzene rings is 8. The number of para-hydroxylation sites is 2. The van der Waals surface area contributed by atoms with Gasteiger partial charge in [-0.25, -0.2) is 9.97 Å². The van der Waals surface area contributed by atoms with E-state index in [9.17, 15) is 0 Å². The molecule has 0 saturated heterocycles. The van der Waals surface area contributed by atoms with Gasteiger partial charge in [0.05, 0.1) is 45.8 Å². The van der Waals surface area contributed by atoms with Crippen LogP contribution < -0.4 is 9.47 Å². The van der Waals surface area contributed by atoms with Crippen molar-refractivity contribution in [1.82, 2.24) is 29.1 Å². The van der Waals surface area contributed by atoms with E-state index in [0.717, 1.165) is 88.9 Å². The minimum absolute atomic E-state index is 0.691. The number of aryl methyl sites for hydroxylation is 4. The number of nitrogens with zero attached hydrogens (tertiary/aromatic N) is 6. The lowest BCUT2D eigenvalue weighted by Gasteiger charge is -2.12. The highest BCUT2D eigenvalue weighted by Gasteiger charge is 2.18. The van der Waals surface area contributed by atoms with E-state index >= 15 is 0 Å². The second kappa shape index (κ2) is 18.2. The van der Waals surface area contributed by atoms with Crippen molar-refractivity contribution < 1.29 is 9.47 Å². The Morgan fingerprint density at radius 3 is 1.14 bits per heavy atom. The molecule has 0 aliphatic heterocycles. The molecule has 5 heterocycles. The first-order chi connectivity index (χ1) is 36.2. The normalized spacial score (nSPS) is 11.5. The maximum Gasteiger partial charge on any atom is 0.138 e. The van der Waals surface area contributed by atoms with Crippen LogP contribution in [0.3, 0.4) is 0 Å². The highest BCUT2D eigenvalue weighted by molar-refractivity contribution is 6.10. The standard InChI is InChI=1S/C66H48N6O2/c1-41-27-42(2)30-49(29-41)45-23-25-67-65(35-45)71-61-17-7-5-15-55(61)57-21-19-53(37-63(57)71)73-51-13-9-11-47(33-51)59-39-70-60(40-69-59)48-12-10-14-52(34-48)74-54-20-22-58-56-16-6-8-18-62(56)72(64(58)38-54)66-36-46(24-26-68-66)50-31-43(3)28-44(4)32-50/h5-40H,1-4H3. The van der Waals surface area contributed by atoms with Crippen LogP contribution in [0.2, 0.25) is 0 Å². The van der Waals surface area contributed by atoms with Gasteiger partial charge in [0, 0.05) is 57.2 Å². The Bertz CT molecular complexity index is 4000. The van der Waals surface area contributed by atoms with Crippen molar-refractivity contribution >= 4 is 43.6 Å². The summed E-state index contributed by atoms with van der Waals surface area (Å²) in [5, 5.41) is 4.55. The molecule has 8 nitrogen and oxygen atoms in total.